The van der Waals surface area contributed by atoms with Crippen molar-refractivity contribution in [3.05, 3.63) is 101 Å². The van der Waals surface area contributed by atoms with Gasteiger partial charge < -0.3 is 34.3 Å². The third-order valence-corrected chi connectivity index (χ3v) is 5.24. The number of pyridine rings is 1. The Morgan fingerprint density at radius 3 is 1.45 bits per heavy atom. The maximum atomic E-state index is 5.85. The van der Waals surface area contributed by atoms with Crippen LogP contribution in [0, 0.1) is 0 Å². The molecule has 173 valence electrons. The fraction of sp³-hybridized carbons (Fsp3) is 0.240. The largest absolute Gasteiger partial charge is 2.00 e. The van der Waals surface area contributed by atoms with Gasteiger partial charge in [0.2, 0.25) is 11.8 Å². The molecule has 0 saturated heterocycles. The minimum absolute atomic E-state index is 0. The SMILES string of the molecule is [Cl-].[Cl-].[Co+2].c1ccc(CC2COC(c3cccc(C4=NC(Cc5ccccc5)CO4)n3)=N2)cc1. The van der Waals surface area contributed by atoms with Crippen LogP contribution in [0.3, 0.4) is 0 Å². The van der Waals surface area contributed by atoms with Crippen LogP contribution < -0.4 is 24.8 Å². The van der Waals surface area contributed by atoms with Crippen LogP contribution in [0.5, 0.6) is 0 Å². The van der Waals surface area contributed by atoms with Gasteiger partial charge in [0.25, 0.3) is 0 Å². The van der Waals surface area contributed by atoms with E-state index >= 15 is 0 Å². The van der Waals surface area contributed by atoms with Crippen LogP contribution in [0.1, 0.15) is 22.5 Å². The van der Waals surface area contributed by atoms with Gasteiger partial charge in [-0.3, -0.25) is 0 Å². The number of ether oxygens (including phenoxy) is 2. The van der Waals surface area contributed by atoms with Gasteiger partial charge in [-0.05, 0) is 36.1 Å². The van der Waals surface area contributed by atoms with Crippen molar-refractivity contribution in [2.45, 2.75) is 24.9 Å². The zero-order valence-corrected chi connectivity index (χ0v) is 20.3. The fourth-order valence-electron chi connectivity index (χ4n) is 3.77. The van der Waals surface area contributed by atoms with E-state index in [-0.39, 0.29) is 53.7 Å². The standard InChI is InChI=1S/C25H23N3O2.2ClH.Co/c1-3-8-18(9-4-1)14-20-16-29-24(26-20)22-12-7-13-23(28-22)25-27-21(17-30-25)15-19-10-5-2-6-11-19;;;/h1-13,20-21H,14-17H2;2*1H;/q;;;+2/p-2. The topological polar surface area (TPSA) is 56.1 Å². The van der Waals surface area contributed by atoms with E-state index in [1.807, 2.05) is 54.6 Å². The second kappa shape index (κ2) is 12.7. The maximum Gasteiger partial charge on any atom is 2.00 e. The van der Waals surface area contributed by atoms with Gasteiger partial charge in [0.15, 0.2) is 0 Å². The summed E-state index contributed by atoms with van der Waals surface area (Å²) < 4.78 is 11.7. The molecule has 2 aliphatic rings. The molecular formula is C25H23Cl2CoN3O2. The molecule has 5 rings (SSSR count). The zero-order chi connectivity index (χ0) is 20.2. The number of benzene rings is 2. The van der Waals surface area contributed by atoms with Crippen molar-refractivity contribution in [3.8, 4) is 0 Å². The van der Waals surface area contributed by atoms with Gasteiger partial charge in [0, 0.05) is 0 Å². The summed E-state index contributed by atoms with van der Waals surface area (Å²) in [5.74, 6) is 1.19. The van der Waals surface area contributed by atoms with Crippen molar-refractivity contribution >= 4 is 11.8 Å². The average Bonchev–Trinajstić information content (AvgIpc) is 3.45. The predicted molar refractivity (Wildman–Crippen MR) is 117 cm³/mol. The summed E-state index contributed by atoms with van der Waals surface area (Å²) in [4.78, 5) is 14.2. The monoisotopic (exact) mass is 526 g/mol. The molecule has 5 nitrogen and oxygen atoms in total. The average molecular weight is 527 g/mol. The maximum absolute atomic E-state index is 5.85. The molecule has 8 heteroatoms. The van der Waals surface area contributed by atoms with Crippen LogP contribution in [0.4, 0.5) is 0 Å². The molecule has 1 aromatic heterocycles. The van der Waals surface area contributed by atoms with Crippen molar-refractivity contribution in [1.29, 1.82) is 0 Å². The normalized spacial score (nSPS) is 18.4. The number of hydrogen-bond donors (Lipinski definition) is 0. The first kappa shape index (κ1) is 26.9. The summed E-state index contributed by atoms with van der Waals surface area (Å²) in [6.07, 6.45) is 1.72. The first-order valence-corrected chi connectivity index (χ1v) is 10.3. The van der Waals surface area contributed by atoms with Crippen LogP contribution in [-0.4, -0.2) is 42.1 Å². The quantitative estimate of drug-likeness (QED) is 0.368. The van der Waals surface area contributed by atoms with Gasteiger partial charge in [-0.1, -0.05) is 66.7 Å². The Morgan fingerprint density at radius 2 is 1.03 bits per heavy atom. The molecule has 0 aliphatic carbocycles. The van der Waals surface area contributed by atoms with Crippen molar-refractivity contribution in [2.75, 3.05) is 13.2 Å². The summed E-state index contributed by atoms with van der Waals surface area (Å²) in [6.45, 7) is 1.15. The zero-order valence-electron chi connectivity index (χ0n) is 17.7. The smallest absolute Gasteiger partial charge is 1.00 e. The molecule has 0 amide bonds. The molecule has 3 heterocycles. The minimum Gasteiger partial charge on any atom is -1.00 e. The summed E-state index contributed by atoms with van der Waals surface area (Å²) in [5, 5.41) is 0. The van der Waals surface area contributed by atoms with Crippen LogP contribution >= 0.6 is 0 Å². The Kier molecular flexibility index (Phi) is 10.4. The Hall–Kier alpha value is -2.38. The summed E-state index contributed by atoms with van der Waals surface area (Å²) >= 11 is 0. The molecule has 0 fully saturated rings. The molecule has 2 aromatic carbocycles. The number of aromatic nitrogens is 1. The number of halogens is 2. The number of hydrogen-bond acceptors (Lipinski definition) is 5. The van der Waals surface area contributed by atoms with Crippen LogP contribution in [0.25, 0.3) is 0 Å². The Balaban J connectivity index is 0.00000128. The van der Waals surface area contributed by atoms with Gasteiger partial charge in [0.1, 0.15) is 24.6 Å². The summed E-state index contributed by atoms with van der Waals surface area (Å²) in [5.41, 5.74) is 3.97. The van der Waals surface area contributed by atoms with Gasteiger partial charge in [0.05, 0.1) is 12.1 Å². The van der Waals surface area contributed by atoms with Crippen molar-refractivity contribution in [3.63, 3.8) is 0 Å². The van der Waals surface area contributed by atoms with Crippen LogP contribution in [0.2, 0.25) is 0 Å². The fourth-order valence-corrected chi connectivity index (χ4v) is 3.77. The molecule has 33 heavy (non-hydrogen) atoms. The third kappa shape index (κ3) is 6.80. The van der Waals surface area contributed by atoms with E-state index < -0.39 is 0 Å². The molecule has 2 atom stereocenters. The molecule has 0 saturated carbocycles. The van der Waals surface area contributed by atoms with Gasteiger partial charge in [-0.15, -0.1) is 0 Å². The summed E-state index contributed by atoms with van der Waals surface area (Å²) in [7, 11) is 0. The van der Waals surface area contributed by atoms with Crippen LogP contribution in [0.15, 0.2) is 88.8 Å². The summed E-state index contributed by atoms with van der Waals surface area (Å²) in [6, 6.07) is 26.7. The first-order chi connectivity index (χ1) is 14.8. The molecule has 0 bridgehead atoms. The number of rotatable bonds is 6. The van der Waals surface area contributed by atoms with E-state index in [0.29, 0.717) is 25.0 Å². The molecule has 3 aromatic rings. The van der Waals surface area contributed by atoms with Crippen molar-refractivity contribution in [2.24, 2.45) is 9.98 Å². The van der Waals surface area contributed by atoms with Crippen molar-refractivity contribution in [1.82, 2.24) is 4.98 Å². The van der Waals surface area contributed by atoms with E-state index in [4.69, 9.17) is 24.4 Å². The molecule has 2 unspecified atom stereocenters. The van der Waals surface area contributed by atoms with Gasteiger partial charge in [-0.25, -0.2) is 15.0 Å². The molecule has 0 N–H and O–H groups in total. The minimum atomic E-state index is 0. The predicted octanol–water partition coefficient (Wildman–Crippen LogP) is -2.14. The molecular weight excluding hydrogens is 504 g/mol. The third-order valence-electron chi connectivity index (χ3n) is 5.24. The van der Waals surface area contributed by atoms with E-state index in [1.54, 1.807) is 0 Å². The number of nitrogens with zero attached hydrogens (tertiary/aromatic N) is 3. The van der Waals surface area contributed by atoms with E-state index in [1.165, 1.54) is 11.1 Å². The number of aliphatic imine (C=N–C) groups is 2. The van der Waals surface area contributed by atoms with Gasteiger partial charge in [-0.2, -0.15) is 0 Å². The van der Waals surface area contributed by atoms with E-state index in [2.05, 4.69) is 24.3 Å². The molecule has 0 spiro atoms. The van der Waals surface area contributed by atoms with E-state index in [9.17, 15) is 0 Å². The Morgan fingerprint density at radius 1 is 0.606 bits per heavy atom. The molecule has 1 radical (unpaired) electrons. The second-order valence-corrected chi connectivity index (χ2v) is 7.59. The van der Waals surface area contributed by atoms with Crippen molar-refractivity contribution < 1.29 is 51.1 Å². The second-order valence-electron chi connectivity index (χ2n) is 7.59. The first-order valence-electron chi connectivity index (χ1n) is 10.3. The van der Waals surface area contributed by atoms with E-state index in [0.717, 1.165) is 24.2 Å². The Bertz CT molecular complexity index is 999. The van der Waals surface area contributed by atoms with Gasteiger partial charge >= 0.3 is 16.8 Å². The molecule has 2 aliphatic heterocycles. The van der Waals surface area contributed by atoms with Crippen LogP contribution in [-0.2, 0) is 39.1 Å². The Labute approximate surface area is 216 Å².